The molecule has 0 fully saturated rings. The second kappa shape index (κ2) is 4.57. The van der Waals surface area contributed by atoms with Gasteiger partial charge in [-0.05, 0) is 37.5 Å². The number of aliphatic hydroxyl groups is 1. The number of halogens is 2. The van der Waals surface area contributed by atoms with Crippen LogP contribution in [-0.4, -0.2) is 22.2 Å². The van der Waals surface area contributed by atoms with Crippen LogP contribution in [0.25, 0.3) is 0 Å². The molecule has 0 aliphatic heterocycles. The summed E-state index contributed by atoms with van der Waals surface area (Å²) in [6, 6.07) is 6.28. The molecule has 4 heteroatoms. The Labute approximate surface area is 87.2 Å². The Morgan fingerprint density at radius 2 is 1.80 bits per heavy atom. The first kappa shape index (κ1) is 11.9. The number of phenols is 1. The first-order valence-electron chi connectivity index (χ1n) is 4.70. The summed E-state index contributed by atoms with van der Waals surface area (Å²) in [5, 5.41) is 18.3. The highest BCUT2D eigenvalue weighted by Gasteiger charge is 2.31. The molecular formula is C11H14F2O2. The van der Waals surface area contributed by atoms with Crippen LogP contribution in [0.4, 0.5) is 8.78 Å². The fraction of sp³-hybridized carbons (Fsp3) is 0.455. The van der Waals surface area contributed by atoms with Gasteiger partial charge >= 0.3 is 0 Å². The van der Waals surface area contributed by atoms with Crippen molar-refractivity contribution < 1.29 is 19.0 Å². The van der Waals surface area contributed by atoms with Gasteiger partial charge in [0.05, 0.1) is 0 Å². The molecule has 1 unspecified atom stereocenters. The van der Waals surface area contributed by atoms with Crippen molar-refractivity contribution in [1.82, 2.24) is 0 Å². The maximum Gasteiger partial charge on any atom is 0.266 e. The van der Waals surface area contributed by atoms with Gasteiger partial charge in [-0.3, -0.25) is 0 Å². The molecular weight excluding hydrogens is 202 g/mol. The van der Waals surface area contributed by atoms with Gasteiger partial charge < -0.3 is 10.2 Å². The topological polar surface area (TPSA) is 40.5 Å². The summed E-state index contributed by atoms with van der Waals surface area (Å²) >= 11 is 0. The molecule has 0 aliphatic carbocycles. The second-order valence-corrected chi connectivity index (χ2v) is 3.82. The molecule has 2 nitrogen and oxygen atoms in total. The molecule has 1 rings (SSSR count). The Balaban J connectivity index is 2.54. The number of hydrogen-bond acceptors (Lipinski definition) is 2. The molecule has 0 saturated heterocycles. The average Bonchev–Trinajstić information content (AvgIpc) is 2.17. The van der Waals surface area contributed by atoms with E-state index in [9.17, 15) is 13.9 Å². The van der Waals surface area contributed by atoms with Crippen molar-refractivity contribution in [2.75, 3.05) is 0 Å². The van der Waals surface area contributed by atoms with Crippen molar-refractivity contribution in [3.8, 4) is 5.75 Å². The average molecular weight is 216 g/mol. The molecule has 1 aromatic carbocycles. The minimum Gasteiger partial charge on any atom is -0.508 e. The number of aryl methyl sites for hydroxylation is 1. The molecule has 0 aromatic heterocycles. The minimum absolute atomic E-state index is 0.00452. The molecule has 0 bridgehead atoms. The number of aromatic hydroxyl groups is 1. The zero-order chi connectivity index (χ0) is 11.5. The molecule has 0 amide bonds. The fourth-order valence-corrected chi connectivity index (χ4v) is 1.17. The van der Waals surface area contributed by atoms with Crippen molar-refractivity contribution in [1.29, 1.82) is 0 Å². The molecule has 84 valence electrons. The van der Waals surface area contributed by atoms with Crippen LogP contribution in [0, 0.1) is 0 Å². The van der Waals surface area contributed by atoms with E-state index in [0.717, 1.165) is 12.5 Å². The SMILES string of the molecule is CC(O)(CCc1ccc(O)cc1)C(F)F. The van der Waals surface area contributed by atoms with Gasteiger partial charge in [0.2, 0.25) is 0 Å². The van der Waals surface area contributed by atoms with E-state index in [1.54, 1.807) is 12.1 Å². The second-order valence-electron chi connectivity index (χ2n) is 3.82. The third-order valence-corrected chi connectivity index (χ3v) is 2.33. The monoisotopic (exact) mass is 216 g/mol. The van der Waals surface area contributed by atoms with Crippen molar-refractivity contribution in [3.05, 3.63) is 29.8 Å². The van der Waals surface area contributed by atoms with E-state index in [1.165, 1.54) is 12.1 Å². The van der Waals surface area contributed by atoms with E-state index in [-0.39, 0.29) is 12.2 Å². The molecule has 0 saturated carbocycles. The third kappa shape index (κ3) is 3.47. The lowest BCUT2D eigenvalue weighted by molar-refractivity contribution is -0.0873. The number of hydrogen-bond donors (Lipinski definition) is 2. The highest BCUT2D eigenvalue weighted by atomic mass is 19.3. The van der Waals surface area contributed by atoms with Crippen LogP contribution in [0.15, 0.2) is 24.3 Å². The number of rotatable bonds is 4. The van der Waals surface area contributed by atoms with Crippen molar-refractivity contribution in [2.45, 2.75) is 31.8 Å². The summed E-state index contributed by atoms with van der Waals surface area (Å²) in [5.41, 5.74) is -1.13. The summed E-state index contributed by atoms with van der Waals surface area (Å²) in [7, 11) is 0. The number of benzene rings is 1. The van der Waals surface area contributed by atoms with E-state index in [1.807, 2.05) is 0 Å². The number of phenolic OH excluding ortho intramolecular Hbond substituents is 1. The van der Waals surface area contributed by atoms with Crippen LogP contribution in [0.3, 0.4) is 0 Å². The summed E-state index contributed by atoms with van der Waals surface area (Å²) in [6.45, 7) is 1.12. The van der Waals surface area contributed by atoms with Crippen molar-refractivity contribution >= 4 is 0 Å². The molecule has 1 aromatic rings. The van der Waals surface area contributed by atoms with Gasteiger partial charge in [-0.25, -0.2) is 8.78 Å². The van der Waals surface area contributed by atoms with Crippen LogP contribution in [0.1, 0.15) is 18.9 Å². The largest absolute Gasteiger partial charge is 0.508 e. The van der Waals surface area contributed by atoms with Gasteiger partial charge in [-0.2, -0.15) is 0 Å². The molecule has 0 radical (unpaired) electrons. The van der Waals surface area contributed by atoms with E-state index in [4.69, 9.17) is 5.11 Å². The lowest BCUT2D eigenvalue weighted by atomic mass is 9.97. The summed E-state index contributed by atoms with van der Waals surface area (Å²) in [5.74, 6) is 0.138. The highest BCUT2D eigenvalue weighted by molar-refractivity contribution is 5.26. The first-order valence-corrected chi connectivity index (χ1v) is 4.70. The molecule has 0 aliphatic rings. The first-order chi connectivity index (χ1) is 6.92. The standard InChI is InChI=1S/C11H14F2O2/c1-11(15,10(12)13)7-6-8-2-4-9(14)5-3-8/h2-5,10,14-15H,6-7H2,1H3. The smallest absolute Gasteiger partial charge is 0.266 e. The van der Waals surface area contributed by atoms with Gasteiger partial charge in [0.1, 0.15) is 11.4 Å². The van der Waals surface area contributed by atoms with Gasteiger partial charge in [-0.1, -0.05) is 12.1 Å². The lowest BCUT2D eigenvalue weighted by Gasteiger charge is -2.21. The zero-order valence-electron chi connectivity index (χ0n) is 8.45. The summed E-state index contributed by atoms with van der Waals surface area (Å²) < 4.78 is 24.6. The summed E-state index contributed by atoms with van der Waals surface area (Å²) in [6.07, 6.45) is -2.39. The maximum atomic E-state index is 12.3. The Hall–Kier alpha value is -1.16. The lowest BCUT2D eigenvalue weighted by Crippen LogP contribution is -2.33. The number of alkyl halides is 2. The Morgan fingerprint density at radius 1 is 1.27 bits per heavy atom. The molecule has 0 heterocycles. The molecule has 0 spiro atoms. The quantitative estimate of drug-likeness (QED) is 0.811. The van der Waals surface area contributed by atoms with Gasteiger partial charge in [0, 0.05) is 0 Å². The van der Waals surface area contributed by atoms with Crippen LogP contribution in [0.5, 0.6) is 5.75 Å². The predicted molar refractivity (Wildman–Crippen MR) is 53.1 cm³/mol. The molecule has 2 N–H and O–H groups in total. The van der Waals surface area contributed by atoms with Crippen LogP contribution >= 0.6 is 0 Å². The third-order valence-electron chi connectivity index (χ3n) is 2.33. The molecule has 1 atom stereocenters. The van der Waals surface area contributed by atoms with Gasteiger partial charge in [0.25, 0.3) is 6.43 Å². The predicted octanol–water partition coefficient (Wildman–Crippen LogP) is 2.34. The summed E-state index contributed by atoms with van der Waals surface area (Å²) in [4.78, 5) is 0. The van der Waals surface area contributed by atoms with E-state index < -0.39 is 12.0 Å². The van der Waals surface area contributed by atoms with Crippen molar-refractivity contribution in [2.24, 2.45) is 0 Å². The van der Waals surface area contributed by atoms with Crippen LogP contribution in [0.2, 0.25) is 0 Å². The zero-order valence-corrected chi connectivity index (χ0v) is 8.45. The van der Waals surface area contributed by atoms with E-state index in [2.05, 4.69) is 0 Å². The normalized spacial score (nSPS) is 15.3. The van der Waals surface area contributed by atoms with Crippen LogP contribution < -0.4 is 0 Å². The maximum absolute atomic E-state index is 12.3. The Morgan fingerprint density at radius 3 is 2.27 bits per heavy atom. The Kier molecular flexibility index (Phi) is 3.63. The van der Waals surface area contributed by atoms with Crippen LogP contribution in [-0.2, 0) is 6.42 Å². The highest BCUT2D eigenvalue weighted by Crippen LogP contribution is 2.22. The van der Waals surface area contributed by atoms with Crippen molar-refractivity contribution in [3.63, 3.8) is 0 Å². The fourth-order valence-electron chi connectivity index (χ4n) is 1.17. The van der Waals surface area contributed by atoms with E-state index in [0.29, 0.717) is 6.42 Å². The Bertz CT molecular complexity index is 307. The van der Waals surface area contributed by atoms with E-state index >= 15 is 0 Å². The molecule has 15 heavy (non-hydrogen) atoms. The minimum atomic E-state index is -2.74. The van der Waals surface area contributed by atoms with Gasteiger partial charge in [-0.15, -0.1) is 0 Å². The van der Waals surface area contributed by atoms with Gasteiger partial charge in [0.15, 0.2) is 0 Å².